The minimum Gasteiger partial charge on any atom is -0.465 e. The molecule has 0 aliphatic rings. The second-order valence-corrected chi connectivity index (χ2v) is 7.79. The van der Waals surface area contributed by atoms with Gasteiger partial charge in [-0.15, -0.1) is 11.3 Å². The maximum Gasteiger partial charge on any atom is 0.337 e. The van der Waals surface area contributed by atoms with Crippen LogP contribution >= 0.6 is 11.3 Å². The highest BCUT2D eigenvalue weighted by Gasteiger charge is 2.27. The Morgan fingerprint density at radius 2 is 1.84 bits per heavy atom. The van der Waals surface area contributed by atoms with Crippen LogP contribution < -0.4 is 10.6 Å². The van der Waals surface area contributed by atoms with Gasteiger partial charge in [-0.2, -0.15) is 0 Å². The molecule has 0 aliphatic carbocycles. The van der Waals surface area contributed by atoms with Gasteiger partial charge < -0.3 is 15.4 Å². The molecule has 2 aromatic rings. The average Bonchev–Trinajstić information content (AvgIpc) is 3.07. The highest BCUT2D eigenvalue weighted by molar-refractivity contribution is 7.10. The van der Waals surface area contributed by atoms with Gasteiger partial charge in [0.15, 0.2) is 0 Å². The first-order valence-electron chi connectivity index (χ1n) is 8.06. The summed E-state index contributed by atoms with van der Waals surface area (Å²) < 4.78 is 4.65. The van der Waals surface area contributed by atoms with Crippen molar-refractivity contribution in [2.24, 2.45) is 5.41 Å². The molecule has 2 N–H and O–H groups in total. The molecule has 134 valence electrons. The molecule has 0 saturated heterocycles. The smallest absolute Gasteiger partial charge is 0.337 e. The van der Waals surface area contributed by atoms with E-state index in [1.807, 2.05) is 11.4 Å². The van der Waals surface area contributed by atoms with Gasteiger partial charge in [0.05, 0.1) is 19.2 Å². The Morgan fingerprint density at radius 1 is 1.16 bits per heavy atom. The second kappa shape index (κ2) is 8.27. The predicted molar refractivity (Wildman–Crippen MR) is 101 cm³/mol. The number of methoxy groups -OCH3 is 1. The summed E-state index contributed by atoms with van der Waals surface area (Å²) in [5.74, 6) is -0.528. The van der Waals surface area contributed by atoms with E-state index < -0.39 is 5.97 Å². The molecule has 1 aromatic heterocycles. The number of thiophene rings is 1. The molecule has 2 rings (SSSR count). The molecule has 25 heavy (non-hydrogen) atoms. The molecule has 0 radical (unpaired) electrons. The Hall–Kier alpha value is -2.18. The van der Waals surface area contributed by atoms with Crippen LogP contribution in [0.3, 0.4) is 0 Å². The number of carbonyl (C=O) groups excluding carboxylic acids is 2. The van der Waals surface area contributed by atoms with Gasteiger partial charge in [-0.1, -0.05) is 26.8 Å². The monoisotopic (exact) mass is 360 g/mol. The first-order chi connectivity index (χ1) is 11.8. The molecular formula is C19H24N2O3S. The number of benzene rings is 1. The van der Waals surface area contributed by atoms with E-state index in [4.69, 9.17) is 0 Å². The Bertz CT molecular complexity index is 703. The number of hydrogen-bond acceptors (Lipinski definition) is 5. The predicted octanol–water partition coefficient (Wildman–Crippen LogP) is 3.85. The molecule has 0 fully saturated rings. The van der Waals surface area contributed by atoms with Crippen LogP contribution in [0.25, 0.3) is 0 Å². The van der Waals surface area contributed by atoms with Gasteiger partial charge >= 0.3 is 5.97 Å². The molecular weight excluding hydrogens is 336 g/mol. The lowest BCUT2D eigenvalue weighted by atomic mass is 9.86. The Labute approximate surface area is 152 Å². The van der Waals surface area contributed by atoms with Crippen molar-refractivity contribution in [3.63, 3.8) is 0 Å². The summed E-state index contributed by atoms with van der Waals surface area (Å²) in [6, 6.07) is 10.8. The molecule has 5 nitrogen and oxygen atoms in total. The SMILES string of the molecule is COC(=O)c1ccc(NC(=O)CNC(c2cccs2)C(C)(C)C)cc1. The molecule has 1 heterocycles. The fourth-order valence-electron chi connectivity index (χ4n) is 2.50. The van der Waals surface area contributed by atoms with Crippen molar-refractivity contribution < 1.29 is 14.3 Å². The fraction of sp³-hybridized carbons (Fsp3) is 0.368. The van der Waals surface area contributed by atoms with Crippen LogP contribution in [0.15, 0.2) is 41.8 Å². The van der Waals surface area contributed by atoms with Crippen molar-refractivity contribution in [1.82, 2.24) is 5.32 Å². The summed E-state index contributed by atoms with van der Waals surface area (Å²) in [5, 5.41) is 8.21. The van der Waals surface area contributed by atoms with E-state index >= 15 is 0 Å². The average molecular weight is 360 g/mol. The van der Waals surface area contributed by atoms with Gasteiger partial charge in [0.2, 0.25) is 5.91 Å². The van der Waals surface area contributed by atoms with Gasteiger partial charge in [0.25, 0.3) is 0 Å². The first-order valence-corrected chi connectivity index (χ1v) is 8.94. The van der Waals surface area contributed by atoms with E-state index in [-0.39, 0.29) is 23.9 Å². The Kier molecular flexibility index (Phi) is 6.33. The van der Waals surface area contributed by atoms with E-state index in [0.29, 0.717) is 11.3 Å². The lowest BCUT2D eigenvalue weighted by Gasteiger charge is -2.30. The van der Waals surface area contributed by atoms with Crippen LogP contribution in [0.2, 0.25) is 0 Å². The van der Waals surface area contributed by atoms with Crippen molar-refractivity contribution in [3.05, 3.63) is 52.2 Å². The normalized spacial score (nSPS) is 12.5. The van der Waals surface area contributed by atoms with Gasteiger partial charge in [-0.25, -0.2) is 4.79 Å². The Morgan fingerprint density at radius 3 is 2.36 bits per heavy atom. The van der Waals surface area contributed by atoms with E-state index in [1.165, 1.54) is 12.0 Å². The lowest BCUT2D eigenvalue weighted by Crippen LogP contribution is -2.37. The van der Waals surface area contributed by atoms with Gasteiger partial charge in [0.1, 0.15) is 0 Å². The number of esters is 1. The van der Waals surface area contributed by atoms with Crippen LogP contribution in [0.1, 0.15) is 42.0 Å². The number of amides is 1. The Balaban J connectivity index is 1.94. The molecule has 1 atom stereocenters. The van der Waals surface area contributed by atoms with Crippen LogP contribution in [-0.4, -0.2) is 25.5 Å². The number of anilines is 1. The molecule has 0 aliphatic heterocycles. The number of nitrogens with one attached hydrogen (secondary N) is 2. The maximum atomic E-state index is 12.2. The van der Waals surface area contributed by atoms with Gasteiger partial charge in [0, 0.05) is 16.6 Å². The molecule has 6 heteroatoms. The zero-order valence-electron chi connectivity index (χ0n) is 15.0. The molecule has 1 aromatic carbocycles. The third-order valence-corrected chi connectivity index (χ3v) is 4.69. The summed E-state index contributed by atoms with van der Waals surface area (Å²) in [5.41, 5.74) is 1.08. The van der Waals surface area contributed by atoms with Gasteiger partial charge in [-0.05, 0) is 41.1 Å². The van der Waals surface area contributed by atoms with E-state index in [0.717, 1.165) is 0 Å². The third kappa shape index (κ3) is 5.41. The van der Waals surface area contributed by atoms with Crippen LogP contribution in [0.5, 0.6) is 0 Å². The van der Waals surface area contributed by atoms with Gasteiger partial charge in [-0.3, -0.25) is 4.79 Å². The quantitative estimate of drug-likeness (QED) is 0.768. The summed E-state index contributed by atoms with van der Waals surface area (Å²) in [6.45, 7) is 6.65. The van der Waals surface area contributed by atoms with Crippen molar-refractivity contribution in [1.29, 1.82) is 0 Å². The largest absolute Gasteiger partial charge is 0.465 e. The summed E-state index contributed by atoms with van der Waals surface area (Å²) in [7, 11) is 1.34. The highest BCUT2D eigenvalue weighted by atomic mass is 32.1. The minimum absolute atomic E-state index is 0.00665. The lowest BCUT2D eigenvalue weighted by molar-refractivity contribution is -0.115. The zero-order chi connectivity index (χ0) is 18.4. The first kappa shape index (κ1) is 19.1. The number of rotatable bonds is 6. The van der Waals surface area contributed by atoms with Crippen molar-refractivity contribution in [3.8, 4) is 0 Å². The van der Waals surface area contributed by atoms with Crippen LogP contribution in [-0.2, 0) is 9.53 Å². The summed E-state index contributed by atoms with van der Waals surface area (Å²) in [4.78, 5) is 24.8. The molecule has 1 amide bonds. The fourth-order valence-corrected chi connectivity index (χ4v) is 3.54. The summed E-state index contributed by atoms with van der Waals surface area (Å²) >= 11 is 1.68. The van der Waals surface area contributed by atoms with E-state index in [1.54, 1.807) is 35.6 Å². The van der Waals surface area contributed by atoms with Crippen molar-refractivity contribution >= 4 is 28.9 Å². The van der Waals surface area contributed by atoms with E-state index in [9.17, 15) is 9.59 Å². The second-order valence-electron chi connectivity index (χ2n) is 6.81. The minimum atomic E-state index is -0.400. The van der Waals surface area contributed by atoms with Crippen LogP contribution in [0, 0.1) is 5.41 Å². The maximum absolute atomic E-state index is 12.2. The zero-order valence-corrected chi connectivity index (χ0v) is 15.8. The topological polar surface area (TPSA) is 67.4 Å². The summed E-state index contributed by atoms with van der Waals surface area (Å²) in [6.07, 6.45) is 0. The molecule has 1 unspecified atom stereocenters. The molecule has 0 spiro atoms. The number of carbonyl (C=O) groups is 2. The van der Waals surface area contributed by atoms with Crippen molar-refractivity contribution in [2.75, 3.05) is 19.0 Å². The molecule has 0 bridgehead atoms. The van der Waals surface area contributed by atoms with Crippen molar-refractivity contribution in [2.45, 2.75) is 26.8 Å². The van der Waals surface area contributed by atoms with E-state index in [2.05, 4.69) is 42.2 Å². The third-order valence-electron chi connectivity index (χ3n) is 3.75. The van der Waals surface area contributed by atoms with Crippen LogP contribution in [0.4, 0.5) is 5.69 Å². The number of hydrogen-bond donors (Lipinski definition) is 2. The standard InChI is InChI=1S/C19H24N2O3S/c1-19(2,3)17(15-6-5-11-25-15)20-12-16(22)21-14-9-7-13(8-10-14)18(23)24-4/h5-11,17,20H,12H2,1-4H3,(H,21,22). The highest BCUT2D eigenvalue weighted by Crippen LogP contribution is 2.34. The molecule has 0 saturated carbocycles. The number of ether oxygens (including phenoxy) is 1.